The quantitative estimate of drug-likeness (QED) is 0.536. The summed E-state index contributed by atoms with van der Waals surface area (Å²) in [5.74, 6) is -0.0810. The lowest BCUT2D eigenvalue weighted by molar-refractivity contribution is -0.384. The van der Waals surface area contributed by atoms with Crippen molar-refractivity contribution < 1.29 is 14.5 Å². The summed E-state index contributed by atoms with van der Waals surface area (Å²) in [4.78, 5) is 25.0. The minimum Gasteiger partial charge on any atom is -0.494 e. The highest BCUT2D eigenvalue weighted by Crippen LogP contribution is 2.32. The van der Waals surface area contributed by atoms with Crippen molar-refractivity contribution in [3.05, 3.63) is 51.5 Å². The number of anilines is 3. The van der Waals surface area contributed by atoms with Crippen molar-refractivity contribution >= 4 is 40.3 Å². The van der Waals surface area contributed by atoms with Crippen molar-refractivity contribution in [1.29, 1.82) is 0 Å². The summed E-state index contributed by atoms with van der Waals surface area (Å²) in [7, 11) is 1.39. The second-order valence-electron chi connectivity index (χ2n) is 6.40. The molecule has 0 aliphatic carbocycles. The summed E-state index contributed by atoms with van der Waals surface area (Å²) in [5, 5.41) is 17.3. The average Bonchev–Trinajstić information content (AvgIpc) is 3.21. The van der Waals surface area contributed by atoms with Crippen LogP contribution < -0.4 is 20.3 Å². The highest BCUT2D eigenvalue weighted by atomic mass is 35.5. The summed E-state index contributed by atoms with van der Waals surface area (Å²) >= 11 is 6.12. The maximum Gasteiger partial charge on any atom is 0.273 e. The number of hydrogen-bond acceptors (Lipinski definition) is 6. The number of carbonyl (C=O) groups excluding carboxylic acids is 1. The number of benzene rings is 2. The summed E-state index contributed by atoms with van der Waals surface area (Å²) in [6.07, 6.45) is 2.28. The van der Waals surface area contributed by atoms with Gasteiger partial charge in [-0.05, 0) is 37.1 Å². The molecule has 8 nitrogen and oxygen atoms in total. The van der Waals surface area contributed by atoms with Crippen molar-refractivity contribution in [2.24, 2.45) is 0 Å². The van der Waals surface area contributed by atoms with Crippen molar-refractivity contribution in [3.63, 3.8) is 0 Å². The van der Waals surface area contributed by atoms with Crippen LogP contribution in [-0.4, -0.2) is 37.6 Å². The summed E-state index contributed by atoms with van der Waals surface area (Å²) in [6.45, 7) is 1.96. The van der Waals surface area contributed by atoms with Crippen molar-refractivity contribution in [1.82, 2.24) is 0 Å². The van der Waals surface area contributed by atoms with E-state index in [1.54, 1.807) is 6.07 Å². The normalized spacial score (nSPS) is 13.3. The second kappa shape index (κ2) is 8.79. The summed E-state index contributed by atoms with van der Waals surface area (Å²) in [6, 6.07) is 9.62. The lowest BCUT2D eigenvalue weighted by Crippen LogP contribution is -2.24. The van der Waals surface area contributed by atoms with Gasteiger partial charge in [0, 0.05) is 24.2 Å². The highest BCUT2D eigenvalue weighted by Gasteiger charge is 2.17. The van der Waals surface area contributed by atoms with Crippen LogP contribution in [0.4, 0.5) is 22.7 Å². The first-order chi connectivity index (χ1) is 13.5. The number of halogens is 1. The number of nitro benzene ring substituents is 1. The molecule has 0 spiro atoms. The van der Waals surface area contributed by atoms with Gasteiger partial charge in [-0.3, -0.25) is 14.9 Å². The molecule has 1 aliphatic heterocycles. The van der Waals surface area contributed by atoms with Crippen LogP contribution in [0.2, 0.25) is 5.02 Å². The molecule has 0 bridgehead atoms. The number of nitro groups is 1. The third-order valence-corrected chi connectivity index (χ3v) is 4.75. The van der Waals surface area contributed by atoms with Crippen LogP contribution in [0.15, 0.2) is 36.4 Å². The smallest absolute Gasteiger partial charge is 0.273 e. The molecule has 9 heteroatoms. The molecule has 1 aliphatic rings. The number of hydrogen-bond donors (Lipinski definition) is 2. The number of rotatable bonds is 7. The molecule has 1 heterocycles. The van der Waals surface area contributed by atoms with Crippen molar-refractivity contribution in [2.75, 3.05) is 42.3 Å². The van der Waals surface area contributed by atoms with Crippen LogP contribution in [0.3, 0.4) is 0 Å². The Morgan fingerprint density at radius 3 is 2.64 bits per heavy atom. The van der Waals surface area contributed by atoms with Gasteiger partial charge in [0.05, 0.1) is 41.7 Å². The monoisotopic (exact) mass is 404 g/mol. The predicted octanol–water partition coefficient (Wildman–Crippen LogP) is 3.91. The van der Waals surface area contributed by atoms with E-state index in [1.165, 1.54) is 25.3 Å². The molecule has 0 radical (unpaired) electrons. The Labute approximate surface area is 167 Å². The zero-order valence-corrected chi connectivity index (χ0v) is 16.2. The number of non-ortho nitro benzene ring substituents is 1. The standard InChI is InChI=1S/C19H21ClN4O4/c1-28-18-11-14(24(26)27)5-6-15(18)22-19(25)12-21-16-10-13(20)4-7-17(16)23-8-2-3-9-23/h4-7,10-11,21H,2-3,8-9,12H2,1H3,(H,22,25). The van der Waals surface area contributed by atoms with E-state index in [1.807, 2.05) is 12.1 Å². The molecule has 1 saturated heterocycles. The molecule has 0 unspecified atom stereocenters. The van der Waals surface area contributed by atoms with Crippen LogP contribution in [-0.2, 0) is 4.79 Å². The molecular weight excluding hydrogens is 384 g/mol. The third-order valence-electron chi connectivity index (χ3n) is 4.51. The minimum absolute atomic E-state index is 0.0152. The van der Waals surface area contributed by atoms with E-state index in [9.17, 15) is 14.9 Å². The number of carbonyl (C=O) groups is 1. The number of nitrogens with zero attached hydrogens (tertiary/aromatic N) is 2. The van der Waals surface area contributed by atoms with E-state index in [-0.39, 0.29) is 23.9 Å². The van der Waals surface area contributed by atoms with Gasteiger partial charge in [-0.2, -0.15) is 0 Å². The first-order valence-corrected chi connectivity index (χ1v) is 9.26. The molecule has 2 aromatic rings. The van der Waals surface area contributed by atoms with Crippen molar-refractivity contribution in [3.8, 4) is 5.75 Å². The van der Waals surface area contributed by atoms with Gasteiger partial charge in [-0.1, -0.05) is 11.6 Å². The zero-order chi connectivity index (χ0) is 20.1. The van der Waals surface area contributed by atoms with Crippen LogP contribution in [0, 0.1) is 10.1 Å². The Hall–Kier alpha value is -3.00. The summed E-state index contributed by atoms with van der Waals surface area (Å²) in [5.41, 5.74) is 2.07. The Bertz CT molecular complexity index is 884. The number of ether oxygens (including phenoxy) is 1. The van der Waals surface area contributed by atoms with Crippen molar-refractivity contribution in [2.45, 2.75) is 12.8 Å². The molecule has 0 aromatic heterocycles. The lowest BCUT2D eigenvalue weighted by atomic mass is 10.2. The molecule has 0 atom stereocenters. The largest absolute Gasteiger partial charge is 0.494 e. The van der Waals surface area contributed by atoms with Crippen LogP contribution >= 0.6 is 11.6 Å². The first kappa shape index (κ1) is 19.8. The fourth-order valence-electron chi connectivity index (χ4n) is 3.15. The fraction of sp³-hybridized carbons (Fsp3) is 0.316. The molecule has 3 rings (SSSR count). The first-order valence-electron chi connectivity index (χ1n) is 8.88. The third kappa shape index (κ3) is 4.64. The Kier molecular flexibility index (Phi) is 6.20. The molecule has 1 amide bonds. The van der Waals surface area contributed by atoms with Crippen LogP contribution in [0.25, 0.3) is 0 Å². The summed E-state index contributed by atoms with van der Waals surface area (Å²) < 4.78 is 5.14. The molecule has 148 valence electrons. The lowest BCUT2D eigenvalue weighted by Gasteiger charge is -2.22. The van der Waals surface area contributed by atoms with E-state index in [2.05, 4.69) is 15.5 Å². The van der Waals surface area contributed by atoms with Gasteiger partial charge in [-0.25, -0.2) is 0 Å². The number of nitrogens with one attached hydrogen (secondary N) is 2. The van der Waals surface area contributed by atoms with E-state index in [0.29, 0.717) is 10.7 Å². The number of amides is 1. The molecule has 2 N–H and O–H groups in total. The van der Waals surface area contributed by atoms with Gasteiger partial charge in [0.25, 0.3) is 5.69 Å². The van der Waals surface area contributed by atoms with Crippen LogP contribution in [0.5, 0.6) is 5.75 Å². The maximum atomic E-state index is 12.4. The average molecular weight is 405 g/mol. The van der Waals surface area contributed by atoms with E-state index < -0.39 is 4.92 Å². The zero-order valence-electron chi connectivity index (χ0n) is 15.4. The van der Waals surface area contributed by atoms with Gasteiger partial charge in [0.1, 0.15) is 5.75 Å². The SMILES string of the molecule is COc1cc([N+](=O)[O-])ccc1NC(=O)CNc1cc(Cl)ccc1N1CCCC1. The highest BCUT2D eigenvalue weighted by molar-refractivity contribution is 6.31. The van der Waals surface area contributed by atoms with Crippen LogP contribution in [0.1, 0.15) is 12.8 Å². The van der Waals surface area contributed by atoms with Gasteiger partial charge < -0.3 is 20.3 Å². The van der Waals surface area contributed by atoms with Gasteiger partial charge in [0.15, 0.2) is 0 Å². The fourth-order valence-corrected chi connectivity index (χ4v) is 3.32. The topological polar surface area (TPSA) is 96.7 Å². The number of methoxy groups -OCH3 is 1. The second-order valence-corrected chi connectivity index (χ2v) is 6.84. The van der Waals surface area contributed by atoms with Gasteiger partial charge in [0.2, 0.25) is 5.91 Å². The maximum absolute atomic E-state index is 12.4. The predicted molar refractivity (Wildman–Crippen MR) is 110 cm³/mol. The van der Waals surface area contributed by atoms with E-state index in [4.69, 9.17) is 16.3 Å². The molecule has 1 fully saturated rings. The Morgan fingerprint density at radius 2 is 1.96 bits per heavy atom. The van der Waals surface area contributed by atoms with Gasteiger partial charge in [-0.15, -0.1) is 0 Å². The Balaban J connectivity index is 1.68. The molecule has 0 saturated carbocycles. The van der Waals surface area contributed by atoms with E-state index in [0.717, 1.165) is 37.3 Å². The Morgan fingerprint density at radius 1 is 1.21 bits per heavy atom. The van der Waals surface area contributed by atoms with E-state index >= 15 is 0 Å². The van der Waals surface area contributed by atoms with Gasteiger partial charge >= 0.3 is 0 Å². The molecule has 28 heavy (non-hydrogen) atoms. The molecule has 2 aromatic carbocycles. The molecular formula is C19H21ClN4O4. The minimum atomic E-state index is -0.519.